The maximum absolute atomic E-state index is 13.8. The Hall–Kier alpha value is -2.21. The predicted molar refractivity (Wildman–Crippen MR) is 71.7 cm³/mol. The second-order valence-electron chi connectivity index (χ2n) is 4.34. The Morgan fingerprint density at radius 1 is 1.30 bits per heavy atom. The summed E-state index contributed by atoms with van der Waals surface area (Å²) >= 11 is 6.02. The summed E-state index contributed by atoms with van der Waals surface area (Å²) in [4.78, 5) is 8.00. The van der Waals surface area contributed by atoms with Crippen molar-refractivity contribution >= 4 is 17.4 Å². The molecule has 0 amide bonds. The van der Waals surface area contributed by atoms with Crippen LogP contribution in [0.2, 0.25) is 5.15 Å². The summed E-state index contributed by atoms with van der Waals surface area (Å²) in [6, 6.07) is 4.62. The summed E-state index contributed by atoms with van der Waals surface area (Å²) in [5.74, 6) is 0.231. The van der Waals surface area contributed by atoms with Gasteiger partial charge in [-0.1, -0.05) is 17.7 Å². The van der Waals surface area contributed by atoms with Gasteiger partial charge in [-0.05, 0) is 31.5 Å². The van der Waals surface area contributed by atoms with E-state index in [0.29, 0.717) is 17.2 Å². The number of hydrogen-bond acceptors (Lipinski definition) is 4. The maximum Gasteiger partial charge on any atom is 0.256 e. The van der Waals surface area contributed by atoms with Gasteiger partial charge < -0.3 is 4.74 Å². The van der Waals surface area contributed by atoms with Gasteiger partial charge in [0, 0.05) is 5.56 Å². The van der Waals surface area contributed by atoms with Gasteiger partial charge in [0.2, 0.25) is 5.88 Å². The highest BCUT2D eigenvalue weighted by molar-refractivity contribution is 6.30. The van der Waals surface area contributed by atoms with E-state index in [1.807, 2.05) is 6.92 Å². The molecular weight excluding hydrogens is 283 g/mol. The topological polar surface area (TPSA) is 52.3 Å². The molecule has 2 aromatic heterocycles. The van der Waals surface area contributed by atoms with E-state index >= 15 is 0 Å². The highest BCUT2D eigenvalue weighted by atomic mass is 35.5. The van der Waals surface area contributed by atoms with Gasteiger partial charge in [-0.25, -0.2) is 4.39 Å². The molecule has 0 aliphatic heterocycles. The lowest BCUT2D eigenvalue weighted by Crippen LogP contribution is -2.02. The van der Waals surface area contributed by atoms with E-state index in [0.717, 1.165) is 5.56 Å². The van der Waals surface area contributed by atoms with Crippen LogP contribution in [0.3, 0.4) is 0 Å². The van der Waals surface area contributed by atoms with Crippen molar-refractivity contribution in [1.29, 1.82) is 0 Å². The van der Waals surface area contributed by atoms with E-state index in [1.165, 1.54) is 16.9 Å². The van der Waals surface area contributed by atoms with Gasteiger partial charge in [-0.2, -0.15) is 19.6 Å². The third-order valence-electron chi connectivity index (χ3n) is 2.84. The Morgan fingerprint density at radius 2 is 2.10 bits per heavy atom. The first-order chi connectivity index (χ1) is 9.56. The molecule has 0 saturated heterocycles. The highest BCUT2D eigenvalue weighted by Gasteiger charge is 2.16. The Bertz CT molecular complexity index is 802. The maximum atomic E-state index is 13.8. The normalized spacial score (nSPS) is 11.0. The lowest BCUT2D eigenvalue weighted by Gasteiger charge is -2.11. The second-order valence-corrected chi connectivity index (χ2v) is 4.70. The summed E-state index contributed by atoms with van der Waals surface area (Å²) in [6.45, 7) is 3.57. The van der Waals surface area contributed by atoms with Crippen LogP contribution in [0.15, 0.2) is 24.5 Å². The molecule has 0 saturated carbocycles. The van der Waals surface area contributed by atoms with Crippen LogP contribution in [-0.2, 0) is 0 Å². The summed E-state index contributed by atoms with van der Waals surface area (Å²) in [5.41, 5.74) is 1.44. The van der Waals surface area contributed by atoms with Gasteiger partial charge in [0.1, 0.15) is 11.5 Å². The van der Waals surface area contributed by atoms with Gasteiger partial charge in [-0.3, -0.25) is 0 Å². The molecule has 102 valence electrons. The fourth-order valence-electron chi connectivity index (χ4n) is 1.79. The lowest BCUT2D eigenvalue weighted by atomic mass is 10.2. The van der Waals surface area contributed by atoms with Crippen LogP contribution in [0.4, 0.5) is 4.39 Å². The molecule has 0 bridgehead atoms. The summed E-state index contributed by atoms with van der Waals surface area (Å²) in [7, 11) is 0. The zero-order chi connectivity index (χ0) is 14.3. The highest BCUT2D eigenvalue weighted by Crippen LogP contribution is 2.30. The molecule has 20 heavy (non-hydrogen) atoms. The van der Waals surface area contributed by atoms with Crippen LogP contribution in [-0.4, -0.2) is 19.6 Å². The predicted octanol–water partition coefficient (Wildman–Crippen LogP) is 3.33. The smallest absolute Gasteiger partial charge is 0.256 e. The third kappa shape index (κ3) is 2.08. The molecule has 0 spiro atoms. The first-order valence-corrected chi connectivity index (χ1v) is 6.24. The molecule has 0 unspecified atom stereocenters. The number of aryl methyl sites for hydroxylation is 1. The van der Waals surface area contributed by atoms with Gasteiger partial charge in [0.15, 0.2) is 11.6 Å². The Balaban J connectivity index is 2.17. The molecule has 0 aliphatic carbocycles. The van der Waals surface area contributed by atoms with Crippen LogP contribution in [0, 0.1) is 19.7 Å². The molecule has 0 aliphatic rings. The van der Waals surface area contributed by atoms with Crippen molar-refractivity contribution in [1.82, 2.24) is 19.6 Å². The summed E-state index contributed by atoms with van der Waals surface area (Å²) in [6.07, 6.45) is 1.33. The zero-order valence-electron chi connectivity index (χ0n) is 10.8. The first kappa shape index (κ1) is 12.8. The Morgan fingerprint density at radius 3 is 2.90 bits per heavy atom. The monoisotopic (exact) mass is 292 g/mol. The first-order valence-electron chi connectivity index (χ1n) is 5.86. The molecule has 5 nitrogen and oxygen atoms in total. The van der Waals surface area contributed by atoms with Crippen LogP contribution in [0.1, 0.15) is 11.1 Å². The molecule has 7 heteroatoms. The largest absolute Gasteiger partial charge is 0.435 e. The van der Waals surface area contributed by atoms with E-state index in [1.54, 1.807) is 19.1 Å². The van der Waals surface area contributed by atoms with Crippen molar-refractivity contribution < 1.29 is 9.13 Å². The minimum atomic E-state index is -0.462. The van der Waals surface area contributed by atoms with Crippen LogP contribution in [0.25, 0.3) is 5.78 Å². The number of nitrogens with zero attached hydrogens (tertiary/aromatic N) is 4. The molecule has 0 radical (unpaired) electrons. The van der Waals surface area contributed by atoms with E-state index in [4.69, 9.17) is 16.3 Å². The molecule has 0 atom stereocenters. The van der Waals surface area contributed by atoms with Crippen molar-refractivity contribution in [2.75, 3.05) is 0 Å². The van der Waals surface area contributed by atoms with Crippen molar-refractivity contribution in [2.45, 2.75) is 13.8 Å². The Labute approximate surface area is 119 Å². The number of fused-ring (bicyclic) bond motifs is 1. The molecule has 3 aromatic rings. The van der Waals surface area contributed by atoms with Crippen molar-refractivity contribution in [2.24, 2.45) is 0 Å². The standard InChI is InChI=1S/C13H10ClFN4O/c1-7-3-4-9(15)10(5-7)20-12-8(2)11(14)18-13-16-6-17-19(12)13/h3-6H,1-2H3. The van der Waals surface area contributed by atoms with Gasteiger partial charge in [0.05, 0.1) is 0 Å². The number of aromatic nitrogens is 4. The summed E-state index contributed by atoms with van der Waals surface area (Å²) in [5, 5.41) is 4.25. The number of rotatable bonds is 2. The van der Waals surface area contributed by atoms with Crippen LogP contribution < -0.4 is 4.74 Å². The fraction of sp³-hybridized carbons (Fsp3) is 0.154. The average molecular weight is 293 g/mol. The average Bonchev–Trinajstić information content (AvgIpc) is 2.86. The minimum Gasteiger partial charge on any atom is -0.435 e. The molecule has 0 N–H and O–H groups in total. The number of benzene rings is 1. The lowest BCUT2D eigenvalue weighted by molar-refractivity contribution is 0.411. The molecular formula is C13H10ClFN4O. The number of ether oxygens (including phenoxy) is 1. The molecule has 0 fully saturated rings. The molecule has 1 aromatic carbocycles. The SMILES string of the molecule is Cc1ccc(F)c(Oc2c(C)c(Cl)nc3ncnn23)c1. The zero-order valence-corrected chi connectivity index (χ0v) is 11.5. The van der Waals surface area contributed by atoms with Gasteiger partial charge in [-0.15, -0.1) is 0 Å². The van der Waals surface area contributed by atoms with Crippen LogP contribution >= 0.6 is 11.6 Å². The van der Waals surface area contributed by atoms with Gasteiger partial charge in [0.25, 0.3) is 5.78 Å². The third-order valence-corrected chi connectivity index (χ3v) is 3.21. The van der Waals surface area contributed by atoms with Crippen molar-refractivity contribution in [3.05, 3.63) is 46.6 Å². The molecule has 3 rings (SSSR count). The minimum absolute atomic E-state index is 0.104. The van der Waals surface area contributed by atoms with Crippen molar-refractivity contribution in [3.63, 3.8) is 0 Å². The van der Waals surface area contributed by atoms with E-state index in [2.05, 4.69) is 15.1 Å². The molecule has 2 heterocycles. The Kier molecular flexibility index (Phi) is 3.02. The second kappa shape index (κ2) is 4.72. The van der Waals surface area contributed by atoms with Gasteiger partial charge >= 0.3 is 0 Å². The van der Waals surface area contributed by atoms with Crippen molar-refractivity contribution in [3.8, 4) is 11.6 Å². The summed E-state index contributed by atoms with van der Waals surface area (Å²) < 4.78 is 20.8. The van der Waals surface area contributed by atoms with E-state index in [-0.39, 0.29) is 10.9 Å². The van der Waals surface area contributed by atoms with E-state index in [9.17, 15) is 4.39 Å². The number of halogens is 2. The van der Waals surface area contributed by atoms with Crippen LogP contribution in [0.5, 0.6) is 11.6 Å². The van der Waals surface area contributed by atoms with E-state index < -0.39 is 5.82 Å². The fourth-order valence-corrected chi connectivity index (χ4v) is 1.94. The number of hydrogen-bond donors (Lipinski definition) is 0. The quantitative estimate of drug-likeness (QED) is 0.680.